The number of carbonyl (C=O) groups excluding carboxylic acids is 1. The largest absolute Gasteiger partial charge is 0.460 e. The van der Waals surface area contributed by atoms with Gasteiger partial charge in [-0.1, -0.05) is 18.2 Å². The highest BCUT2D eigenvalue weighted by molar-refractivity contribution is 5.70. The number of halogens is 15. The predicted octanol–water partition coefficient (Wildman–Crippen LogP) is 6.58. The van der Waals surface area contributed by atoms with E-state index >= 15 is 0 Å². The third-order valence-corrected chi connectivity index (χ3v) is 4.68. The van der Waals surface area contributed by atoms with Crippen LogP contribution in [0.15, 0.2) is 24.3 Å². The molecule has 18 heteroatoms. The maximum absolute atomic E-state index is 14.2. The minimum Gasteiger partial charge on any atom is -0.426 e. The zero-order valence-electron chi connectivity index (χ0n) is 17.4. The van der Waals surface area contributed by atoms with Gasteiger partial charge in [0.2, 0.25) is 0 Å². The van der Waals surface area contributed by atoms with Gasteiger partial charge in [0.25, 0.3) is 0 Å². The van der Waals surface area contributed by atoms with Crippen molar-refractivity contribution < 1.29 is 80.5 Å². The van der Waals surface area contributed by atoms with Crippen LogP contribution in [-0.2, 0) is 10.4 Å². The summed E-state index contributed by atoms with van der Waals surface area (Å²) in [5.74, 6) is -49.6. The molecule has 1 aromatic carbocycles. The van der Waals surface area contributed by atoms with E-state index in [4.69, 9.17) is 0 Å². The molecule has 1 aromatic rings. The Labute approximate surface area is 190 Å². The molecule has 0 saturated heterocycles. The number of rotatable bonds is 9. The third-order valence-electron chi connectivity index (χ3n) is 4.68. The van der Waals surface area contributed by atoms with Crippen molar-refractivity contribution in [1.29, 1.82) is 0 Å². The van der Waals surface area contributed by atoms with Gasteiger partial charge in [-0.2, -0.15) is 65.9 Å². The molecule has 0 aromatic heterocycles. The first-order chi connectivity index (χ1) is 15.6. The summed E-state index contributed by atoms with van der Waals surface area (Å²) >= 11 is 0. The van der Waals surface area contributed by atoms with Gasteiger partial charge in [-0.05, 0) is 13.0 Å². The molecule has 1 N–H and O–H groups in total. The van der Waals surface area contributed by atoms with Crippen molar-refractivity contribution >= 4 is 5.97 Å². The van der Waals surface area contributed by atoms with E-state index in [-0.39, 0.29) is 6.92 Å². The van der Waals surface area contributed by atoms with Gasteiger partial charge in [0, 0.05) is 12.5 Å². The molecule has 0 aliphatic rings. The highest BCUT2D eigenvalue weighted by Crippen LogP contribution is 2.63. The molecule has 0 amide bonds. The molecular weight excluding hydrogens is 549 g/mol. The van der Waals surface area contributed by atoms with Gasteiger partial charge in [0.05, 0.1) is 12.0 Å². The zero-order chi connectivity index (χ0) is 29.0. The van der Waals surface area contributed by atoms with Crippen LogP contribution in [0.5, 0.6) is 5.75 Å². The molecule has 0 bridgehead atoms. The van der Waals surface area contributed by atoms with Crippen LogP contribution in [0.4, 0.5) is 65.9 Å². The Kier molecular flexibility index (Phi) is 7.79. The van der Waals surface area contributed by atoms with Crippen molar-refractivity contribution in [3.8, 4) is 5.75 Å². The summed E-state index contributed by atoms with van der Waals surface area (Å²) in [5, 5.41) is 10.2. The van der Waals surface area contributed by atoms with Crippen molar-refractivity contribution in [2.75, 3.05) is 0 Å². The van der Waals surface area contributed by atoms with Crippen molar-refractivity contribution in [3.05, 3.63) is 29.8 Å². The second-order valence-corrected chi connectivity index (χ2v) is 7.61. The summed E-state index contributed by atoms with van der Waals surface area (Å²) < 4.78 is 204. The average molecular weight is 562 g/mol. The number of esters is 1. The standard InChI is InChI=1S/C18H13F15O3/c1-8(34)36-10-6-4-3-5-9(10)11(2,35)7-12(19,20)13(21,22)14(23,24)15(25,26)16(27,28)17(29,30)18(31,32)33/h3-6,35H,7H2,1-2H3. The van der Waals surface area contributed by atoms with Crippen LogP contribution < -0.4 is 4.74 Å². The van der Waals surface area contributed by atoms with Gasteiger partial charge < -0.3 is 9.84 Å². The van der Waals surface area contributed by atoms with Crippen molar-refractivity contribution in [2.24, 2.45) is 0 Å². The van der Waals surface area contributed by atoms with E-state index < -0.39 is 71.0 Å². The van der Waals surface area contributed by atoms with Gasteiger partial charge in [-0.25, -0.2) is 0 Å². The molecule has 1 rings (SSSR count). The highest BCUT2D eigenvalue weighted by atomic mass is 19.4. The molecule has 36 heavy (non-hydrogen) atoms. The van der Waals surface area contributed by atoms with Crippen LogP contribution in [0.3, 0.4) is 0 Å². The lowest BCUT2D eigenvalue weighted by Crippen LogP contribution is -2.72. The Morgan fingerprint density at radius 3 is 1.53 bits per heavy atom. The summed E-state index contributed by atoms with van der Waals surface area (Å²) in [7, 11) is 0. The summed E-state index contributed by atoms with van der Waals surface area (Å²) in [4.78, 5) is 11.1. The fraction of sp³-hybridized carbons (Fsp3) is 0.611. The van der Waals surface area contributed by atoms with Gasteiger partial charge in [0.15, 0.2) is 0 Å². The molecule has 208 valence electrons. The topological polar surface area (TPSA) is 46.5 Å². The van der Waals surface area contributed by atoms with Crippen molar-refractivity contribution in [3.63, 3.8) is 0 Å². The Morgan fingerprint density at radius 2 is 1.11 bits per heavy atom. The summed E-state index contributed by atoms with van der Waals surface area (Å²) in [6.45, 7) is 0.912. The average Bonchev–Trinajstić information content (AvgIpc) is 2.65. The molecule has 0 saturated carbocycles. The summed E-state index contributed by atoms with van der Waals surface area (Å²) in [6.07, 6.45) is -10.7. The van der Waals surface area contributed by atoms with Gasteiger partial charge in [-0.15, -0.1) is 0 Å². The second kappa shape index (κ2) is 8.86. The minimum atomic E-state index is -8.42. The maximum Gasteiger partial charge on any atom is 0.460 e. The van der Waals surface area contributed by atoms with Crippen LogP contribution in [0, 0.1) is 0 Å². The number of benzene rings is 1. The molecule has 0 heterocycles. The number of para-hydroxylation sites is 1. The fourth-order valence-corrected chi connectivity index (χ4v) is 2.79. The van der Waals surface area contributed by atoms with E-state index in [1.54, 1.807) is 0 Å². The molecule has 0 aliphatic carbocycles. The highest BCUT2D eigenvalue weighted by Gasteiger charge is 2.93. The summed E-state index contributed by atoms with van der Waals surface area (Å²) in [5.41, 5.74) is -4.51. The normalized spacial score (nSPS) is 16.5. The molecule has 0 fully saturated rings. The van der Waals surface area contributed by atoms with Crippen LogP contribution in [0.1, 0.15) is 25.8 Å². The third kappa shape index (κ3) is 4.79. The Bertz CT molecular complexity index is 967. The maximum atomic E-state index is 14.2. The predicted molar refractivity (Wildman–Crippen MR) is 87.7 cm³/mol. The first-order valence-corrected chi connectivity index (χ1v) is 8.96. The first-order valence-electron chi connectivity index (χ1n) is 8.96. The molecule has 1 atom stereocenters. The Morgan fingerprint density at radius 1 is 0.722 bits per heavy atom. The SMILES string of the molecule is CC(=O)Oc1ccccc1C(C)(O)CC(F)(F)C(F)(F)C(F)(F)C(F)(F)C(F)(F)C(F)(F)C(F)(F)F. The molecule has 0 aliphatic heterocycles. The van der Waals surface area contributed by atoms with E-state index in [9.17, 15) is 75.8 Å². The minimum absolute atomic E-state index is 0.183. The fourth-order valence-electron chi connectivity index (χ4n) is 2.79. The smallest absolute Gasteiger partial charge is 0.426 e. The number of aliphatic hydroxyl groups is 1. The van der Waals surface area contributed by atoms with E-state index in [0.717, 1.165) is 25.1 Å². The number of ether oxygens (including phenoxy) is 1. The zero-order valence-corrected chi connectivity index (χ0v) is 17.4. The molecule has 1 unspecified atom stereocenters. The van der Waals surface area contributed by atoms with Crippen LogP contribution in [0.25, 0.3) is 0 Å². The van der Waals surface area contributed by atoms with E-state index in [0.29, 0.717) is 6.07 Å². The van der Waals surface area contributed by atoms with E-state index in [1.165, 1.54) is 0 Å². The lowest BCUT2D eigenvalue weighted by atomic mass is 9.83. The molecule has 0 radical (unpaired) electrons. The van der Waals surface area contributed by atoms with Gasteiger partial charge in [0.1, 0.15) is 5.75 Å². The molecular formula is C18H13F15O3. The number of hydrogen-bond donors (Lipinski definition) is 1. The van der Waals surface area contributed by atoms with E-state index in [2.05, 4.69) is 4.74 Å². The second-order valence-electron chi connectivity index (χ2n) is 7.61. The number of hydrogen-bond acceptors (Lipinski definition) is 3. The monoisotopic (exact) mass is 562 g/mol. The van der Waals surface area contributed by atoms with Crippen molar-refractivity contribution in [2.45, 2.75) is 67.6 Å². The van der Waals surface area contributed by atoms with Gasteiger partial charge >= 0.3 is 47.7 Å². The molecule has 0 spiro atoms. The number of carbonyl (C=O) groups is 1. The van der Waals surface area contributed by atoms with Crippen molar-refractivity contribution in [1.82, 2.24) is 0 Å². The quantitative estimate of drug-likeness (QED) is 0.210. The van der Waals surface area contributed by atoms with Crippen LogP contribution in [0.2, 0.25) is 0 Å². The number of alkyl halides is 15. The first kappa shape index (κ1) is 31.6. The lowest BCUT2D eigenvalue weighted by Gasteiger charge is -2.42. The van der Waals surface area contributed by atoms with E-state index in [1.807, 2.05) is 0 Å². The summed E-state index contributed by atoms with van der Waals surface area (Å²) in [6, 6.07) is 3.30. The van der Waals surface area contributed by atoms with Gasteiger partial charge in [-0.3, -0.25) is 4.79 Å². The van der Waals surface area contributed by atoms with Crippen LogP contribution >= 0.6 is 0 Å². The Balaban J connectivity index is 3.59. The Hall–Kier alpha value is -2.40. The molecule has 3 nitrogen and oxygen atoms in total. The lowest BCUT2D eigenvalue weighted by molar-refractivity contribution is -0.453. The van der Waals surface area contributed by atoms with Crippen LogP contribution in [-0.4, -0.2) is 52.8 Å².